The summed E-state index contributed by atoms with van der Waals surface area (Å²) in [5.41, 5.74) is 1.33. The van der Waals surface area contributed by atoms with Crippen molar-refractivity contribution in [1.29, 1.82) is 0 Å². The van der Waals surface area contributed by atoms with Gasteiger partial charge in [0.2, 0.25) is 5.82 Å². The lowest BCUT2D eigenvalue weighted by Gasteiger charge is -2.11. The molecule has 8 nitrogen and oxygen atoms in total. The van der Waals surface area contributed by atoms with E-state index in [1.54, 1.807) is 20.4 Å². The van der Waals surface area contributed by atoms with E-state index < -0.39 is 0 Å². The van der Waals surface area contributed by atoms with E-state index in [1.807, 2.05) is 24.3 Å². The number of hydrogen-bond acceptors (Lipinski definition) is 5. The van der Waals surface area contributed by atoms with Crippen LogP contribution in [-0.2, 0) is 12.8 Å². The summed E-state index contributed by atoms with van der Waals surface area (Å²) in [6, 6.07) is 11.9. The first kappa shape index (κ1) is 20.4. The number of nitrogens with one attached hydrogen (secondary N) is 3. The summed E-state index contributed by atoms with van der Waals surface area (Å²) in [6.45, 7) is 1.58. The van der Waals surface area contributed by atoms with Gasteiger partial charge in [0.05, 0.1) is 13.4 Å². The Balaban J connectivity index is 1.30. The fourth-order valence-electron chi connectivity index (χ4n) is 2.90. The highest BCUT2D eigenvalue weighted by Gasteiger charge is 2.08. The Morgan fingerprint density at radius 1 is 1.10 bits per heavy atom. The van der Waals surface area contributed by atoms with Crippen molar-refractivity contribution < 1.29 is 9.15 Å². The van der Waals surface area contributed by atoms with Crippen molar-refractivity contribution in [3.8, 4) is 17.3 Å². The van der Waals surface area contributed by atoms with Crippen LogP contribution in [0.25, 0.3) is 11.6 Å². The number of aliphatic imine (C=N–C) groups is 1. The topological polar surface area (TPSA) is 100 Å². The highest BCUT2D eigenvalue weighted by Crippen LogP contribution is 2.14. The summed E-state index contributed by atoms with van der Waals surface area (Å²) in [4.78, 5) is 8.69. The van der Waals surface area contributed by atoms with Crippen LogP contribution in [0.5, 0.6) is 5.75 Å². The van der Waals surface area contributed by atoms with Crippen LogP contribution in [0.3, 0.4) is 0 Å². The maximum atomic E-state index is 5.30. The van der Waals surface area contributed by atoms with Gasteiger partial charge in [0.25, 0.3) is 0 Å². The zero-order chi connectivity index (χ0) is 20.3. The molecule has 0 atom stereocenters. The molecule has 0 radical (unpaired) electrons. The maximum Gasteiger partial charge on any atom is 0.216 e. The smallest absolute Gasteiger partial charge is 0.216 e. The van der Waals surface area contributed by atoms with Crippen LogP contribution >= 0.6 is 0 Å². The molecule has 0 saturated carbocycles. The standard InChI is InChI=1S/C21H28N6O2/c1-22-21(23-13-4-3-6-16-8-10-17(28-2)11-9-16)24-14-12-19-25-20(27-26-19)18-7-5-15-29-18/h5,7-11,15H,3-4,6,12-14H2,1-2H3,(H2,22,23,24)(H,25,26,27). The van der Waals surface area contributed by atoms with E-state index in [0.29, 0.717) is 24.6 Å². The Bertz CT molecular complexity index is 871. The second-order valence-corrected chi connectivity index (χ2v) is 6.56. The molecular formula is C21H28N6O2. The average molecular weight is 396 g/mol. The fourth-order valence-corrected chi connectivity index (χ4v) is 2.90. The van der Waals surface area contributed by atoms with Gasteiger partial charge in [-0.15, -0.1) is 0 Å². The number of aromatic nitrogens is 3. The van der Waals surface area contributed by atoms with Gasteiger partial charge < -0.3 is 19.8 Å². The van der Waals surface area contributed by atoms with Crippen molar-refractivity contribution in [2.45, 2.75) is 25.7 Å². The fraction of sp³-hybridized carbons (Fsp3) is 0.381. The van der Waals surface area contributed by atoms with Gasteiger partial charge in [-0.05, 0) is 49.1 Å². The molecular weight excluding hydrogens is 368 g/mol. The van der Waals surface area contributed by atoms with Gasteiger partial charge in [-0.2, -0.15) is 5.10 Å². The zero-order valence-electron chi connectivity index (χ0n) is 16.9. The number of rotatable bonds is 10. The van der Waals surface area contributed by atoms with Gasteiger partial charge in [-0.3, -0.25) is 10.1 Å². The molecule has 154 valence electrons. The van der Waals surface area contributed by atoms with Gasteiger partial charge in [0.15, 0.2) is 11.7 Å². The molecule has 1 aromatic carbocycles. The molecule has 0 fully saturated rings. The number of unbranched alkanes of at least 4 members (excludes halogenated alkanes) is 1. The maximum absolute atomic E-state index is 5.30. The van der Waals surface area contributed by atoms with Gasteiger partial charge in [-0.1, -0.05) is 12.1 Å². The number of ether oxygens (including phenoxy) is 1. The molecule has 3 rings (SSSR count). The van der Waals surface area contributed by atoms with E-state index >= 15 is 0 Å². The van der Waals surface area contributed by atoms with Crippen LogP contribution in [0.15, 0.2) is 52.1 Å². The van der Waals surface area contributed by atoms with Gasteiger partial charge >= 0.3 is 0 Å². The molecule has 3 aromatic rings. The highest BCUT2D eigenvalue weighted by atomic mass is 16.5. The molecule has 0 amide bonds. The van der Waals surface area contributed by atoms with E-state index in [2.05, 4.69) is 42.9 Å². The summed E-state index contributed by atoms with van der Waals surface area (Å²) in [7, 11) is 3.46. The number of furan rings is 1. The van der Waals surface area contributed by atoms with Crippen molar-refractivity contribution in [3.05, 3.63) is 54.0 Å². The number of benzene rings is 1. The molecule has 0 aliphatic carbocycles. The molecule has 0 saturated heterocycles. The Kier molecular flexibility index (Phi) is 7.68. The average Bonchev–Trinajstić information content (AvgIpc) is 3.44. The van der Waals surface area contributed by atoms with Crippen molar-refractivity contribution in [3.63, 3.8) is 0 Å². The van der Waals surface area contributed by atoms with Gasteiger partial charge in [0, 0.05) is 26.6 Å². The third-order valence-electron chi connectivity index (χ3n) is 4.49. The number of nitrogens with zero attached hydrogens (tertiary/aromatic N) is 3. The van der Waals surface area contributed by atoms with Crippen molar-refractivity contribution >= 4 is 5.96 Å². The van der Waals surface area contributed by atoms with Crippen LogP contribution in [0, 0.1) is 0 Å². The van der Waals surface area contributed by atoms with Crippen molar-refractivity contribution in [1.82, 2.24) is 25.8 Å². The predicted molar refractivity (Wildman–Crippen MR) is 113 cm³/mol. The minimum Gasteiger partial charge on any atom is -0.497 e. The summed E-state index contributed by atoms with van der Waals surface area (Å²) >= 11 is 0. The molecule has 0 aliphatic heterocycles. The van der Waals surface area contributed by atoms with Gasteiger partial charge in [0.1, 0.15) is 11.6 Å². The third kappa shape index (κ3) is 6.38. The van der Waals surface area contributed by atoms with Crippen molar-refractivity contribution in [2.75, 3.05) is 27.2 Å². The Hall–Kier alpha value is -3.29. The number of aryl methyl sites for hydroxylation is 1. The van der Waals surface area contributed by atoms with Gasteiger partial charge in [-0.25, -0.2) is 4.98 Å². The second-order valence-electron chi connectivity index (χ2n) is 6.56. The summed E-state index contributed by atoms with van der Waals surface area (Å²) in [5, 5.41) is 13.8. The summed E-state index contributed by atoms with van der Waals surface area (Å²) in [5.74, 6) is 3.73. The predicted octanol–water partition coefficient (Wildman–Crippen LogP) is 2.80. The van der Waals surface area contributed by atoms with E-state index in [4.69, 9.17) is 9.15 Å². The summed E-state index contributed by atoms with van der Waals surface area (Å²) < 4.78 is 10.5. The number of hydrogen-bond donors (Lipinski definition) is 3. The Morgan fingerprint density at radius 3 is 2.66 bits per heavy atom. The second kappa shape index (κ2) is 10.9. The van der Waals surface area contributed by atoms with Crippen molar-refractivity contribution in [2.24, 2.45) is 4.99 Å². The number of H-pyrrole nitrogens is 1. The van der Waals surface area contributed by atoms with Crippen LogP contribution in [0.2, 0.25) is 0 Å². The normalized spacial score (nSPS) is 11.4. The first-order valence-electron chi connectivity index (χ1n) is 9.81. The molecule has 0 unspecified atom stereocenters. The van der Waals surface area contributed by atoms with E-state index in [-0.39, 0.29) is 0 Å². The number of methoxy groups -OCH3 is 1. The zero-order valence-corrected chi connectivity index (χ0v) is 16.9. The lowest BCUT2D eigenvalue weighted by atomic mass is 10.1. The largest absolute Gasteiger partial charge is 0.497 e. The first-order valence-corrected chi connectivity index (χ1v) is 9.81. The van der Waals surface area contributed by atoms with Crippen LogP contribution in [-0.4, -0.2) is 48.4 Å². The number of guanidine groups is 1. The molecule has 0 bridgehead atoms. The number of aromatic amines is 1. The molecule has 3 N–H and O–H groups in total. The van der Waals surface area contributed by atoms with Crippen LogP contribution in [0.4, 0.5) is 0 Å². The molecule has 8 heteroatoms. The van der Waals surface area contributed by atoms with Crippen LogP contribution < -0.4 is 15.4 Å². The molecule has 2 aromatic heterocycles. The quantitative estimate of drug-likeness (QED) is 0.277. The lowest BCUT2D eigenvalue weighted by molar-refractivity contribution is 0.414. The van der Waals surface area contributed by atoms with E-state index in [1.165, 1.54) is 5.56 Å². The Labute approximate surface area is 170 Å². The van der Waals surface area contributed by atoms with Crippen LogP contribution in [0.1, 0.15) is 24.2 Å². The monoisotopic (exact) mass is 396 g/mol. The minimum atomic E-state index is 0.573. The third-order valence-corrected chi connectivity index (χ3v) is 4.49. The minimum absolute atomic E-state index is 0.573. The van der Waals surface area contributed by atoms with E-state index in [0.717, 1.165) is 43.3 Å². The summed E-state index contributed by atoms with van der Waals surface area (Å²) in [6.07, 6.45) is 5.57. The molecule has 0 aliphatic rings. The highest BCUT2D eigenvalue weighted by molar-refractivity contribution is 5.79. The SMILES string of the molecule is CN=C(NCCCCc1ccc(OC)cc1)NCCc1nc(-c2ccco2)n[nH]1. The molecule has 29 heavy (non-hydrogen) atoms. The molecule has 2 heterocycles. The first-order chi connectivity index (χ1) is 14.3. The van der Waals surface area contributed by atoms with E-state index in [9.17, 15) is 0 Å². The Morgan fingerprint density at radius 2 is 1.93 bits per heavy atom. The molecule has 0 spiro atoms. The lowest BCUT2D eigenvalue weighted by Crippen LogP contribution is -2.38.